The molecule has 0 unspecified atom stereocenters. The number of hydrogen-bond donors (Lipinski definition) is 1. The number of nitrogens with zero attached hydrogens (tertiary/aromatic N) is 2. The lowest BCUT2D eigenvalue weighted by Gasteiger charge is -2.24. The molecule has 120 valence electrons. The van der Waals surface area contributed by atoms with E-state index in [0.717, 1.165) is 25.7 Å². The SMILES string of the molecule is COC(=C/CNC(=O)C(N=O)(C1CC1)C1CC1)/N=C(/Br)C=P. The Morgan fingerprint density at radius 2 is 2.00 bits per heavy atom. The number of nitroso groups, excluding NO2 is 1. The summed E-state index contributed by atoms with van der Waals surface area (Å²) in [6.07, 6.45) is 5.28. The first kappa shape index (κ1) is 17.3. The van der Waals surface area contributed by atoms with Crippen LogP contribution in [-0.2, 0) is 9.53 Å². The molecule has 0 atom stereocenters. The smallest absolute Gasteiger partial charge is 0.252 e. The first-order valence-corrected chi connectivity index (χ1v) is 8.57. The fourth-order valence-electron chi connectivity index (χ4n) is 2.63. The lowest BCUT2D eigenvalue weighted by molar-refractivity contribution is -0.127. The van der Waals surface area contributed by atoms with Gasteiger partial charge in [-0.25, -0.2) is 4.99 Å². The zero-order valence-corrected chi connectivity index (χ0v) is 14.9. The van der Waals surface area contributed by atoms with Crippen molar-refractivity contribution in [2.24, 2.45) is 22.0 Å². The molecule has 0 aromatic carbocycles. The van der Waals surface area contributed by atoms with Crippen LogP contribution in [0.3, 0.4) is 0 Å². The summed E-state index contributed by atoms with van der Waals surface area (Å²) in [6.45, 7) is 0.240. The fourth-order valence-corrected chi connectivity index (χ4v) is 2.87. The second-order valence-electron chi connectivity index (χ2n) is 5.50. The van der Waals surface area contributed by atoms with Crippen molar-refractivity contribution in [2.75, 3.05) is 13.7 Å². The first-order valence-electron chi connectivity index (χ1n) is 7.20. The van der Waals surface area contributed by atoms with Crippen LogP contribution in [0.15, 0.2) is 22.1 Å². The molecule has 2 aliphatic rings. The van der Waals surface area contributed by atoms with Crippen molar-refractivity contribution in [3.05, 3.63) is 16.9 Å². The van der Waals surface area contributed by atoms with Crippen LogP contribution in [0.25, 0.3) is 0 Å². The minimum Gasteiger partial charge on any atom is -0.481 e. The lowest BCUT2D eigenvalue weighted by atomic mass is 9.87. The van der Waals surface area contributed by atoms with Gasteiger partial charge in [0.05, 0.1) is 7.11 Å². The first-order chi connectivity index (χ1) is 10.6. The molecule has 0 heterocycles. The maximum absolute atomic E-state index is 12.5. The van der Waals surface area contributed by atoms with E-state index in [1.165, 1.54) is 7.11 Å². The number of hydrogen-bond acceptors (Lipinski definition) is 5. The second-order valence-corrected chi connectivity index (χ2v) is 6.60. The molecule has 2 saturated carbocycles. The largest absolute Gasteiger partial charge is 0.481 e. The molecule has 1 amide bonds. The Morgan fingerprint density at radius 3 is 2.41 bits per heavy atom. The van der Waals surface area contributed by atoms with Gasteiger partial charge in [0.2, 0.25) is 5.88 Å². The van der Waals surface area contributed by atoms with Gasteiger partial charge < -0.3 is 10.1 Å². The Kier molecular flexibility index (Phi) is 5.87. The fraction of sp³-hybridized carbons (Fsp3) is 0.643. The number of aliphatic imine (C=N–C) groups is 1. The molecular formula is C14H19BrN3O3P. The third-order valence-corrected chi connectivity index (χ3v) is 5.10. The van der Waals surface area contributed by atoms with Gasteiger partial charge in [-0.2, -0.15) is 0 Å². The summed E-state index contributed by atoms with van der Waals surface area (Å²) >= 11 is 3.22. The molecule has 8 heteroatoms. The molecule has 0 spiro atoms. The molecule has 0 aromatic heterocycles. The highest BCUT2D eigenvalue weighted by atomic mass is 79.9. The molecule has 22 heavy (non-hydrogen) atoms. The highest BCUT2D eigenvalue weighted by Crippen LogP contribution is 2.54. The second kappa shape index (κ2) is 7.47. The van der Waals surface area contributed by atoms with Crippen molar-refractivity contribution in [1.82, 2.24) is 5.32 Å². The maximum atomic E-state index is 12.5. The Balaban J connectivity index is 1.99. The Hall–Kier alpha value is -1.07. The molecule has 0 aliphatic heterocycles. The average Bonchev–Trinajstić information content (AvgIpc) is 3.39. The summed E-state index contributed by atoms with van der Waals surface area (Å²) in [4.78, 5) is 28.0. The summed E-state index contributed by atoms with van der Waals surface area (Å²) in [5.74, 6) is 1.90. The third-order valence-electron chi connectivity index (χ3n) is 4.00. The molecule has 2 rings (SSSR count). The Bertz CT molecular complexity index is 515. The molecule has 0 radical (unpaired) electrons. The van der Waals surface area contributed by atoms with Crippen LogP contribution in [-0.4, -0.2) is 35.5 Å². The summed E-state index contributed by atoms with van der Waals surface area (Å²) in [5.41, 5.74) is -1.06. The number of ether oxygens (including phenoxy) is 1. The van der Waals surface area contributed by atoms with Crippen LogP contribution in [0, 0.1) is 16.7 Å². The summed E-state index contributed by atoms with van der Waals surface area (Å²) in [6, 6.07) is 0. The summed E-state index contributed by atoms with van der Waals surface area (Å²) < 4.78 is 5.66. The maximum Gasteiger partial charge on any atom is 0.252 e. The topological polar surface area (TPSA) is 80.1 Å². The van der Waals surface area contributed by atoms with Crippen LogP contribution >= 0.6 is 24.8 Å². The zero-order valence-electron chi connectivity index (χ0n) is 12.3. The van der Waals surface area contributed by atoms with Gasteiger partial charge in [0, 0.05) is 6.54 Å². The number of rotatable bonds is 9. The van der Waals surface area contributed by atoms with E-state index >= 15 is 0 Å². The van der Waals surface area contributed by atoms with Gasteiger partial charge in [0.15, 0.2) is 5.54 Å². The van der Waals surface area contributed by atoms with Gasteiger partial charge in [0.1, 0.15) is 4.62 Å². The van der Waals surface area contributed by atoms with E-state index in [1.54, 1.807) is 11.9 Å². The highest BCUT2D eigenvalue weighted by molar-refractivity contribution is 9.19. The van der Waals surface area contributed by atoms with E-state index in [0.29, 0.717) is 10.5 Å². The standard InChI is InChI=1S/C14H19BrN3O3P/c1-21-12(17-11(15)8-22)6-7-16-13(19)14(18-20,9-2-3-9)10-4-5-10/h6,8-10,22H,2-5,7H2,1H3,(H,16,19)/b12-6+,17-11+. The van der Waals surface area contributed by atoms with E-state index in [2.05, 4.69) is 40.3 Å². The molecule has 6 nitrogen and oxygen atoms in total. The molecule has 0 aromatic rings. The lowest BCUT2D eigenvalue weighted by Crippen LogP contribution is -2.48. The van der Waals surface area contributed by atoms with Gasteiger partial charge in [-0.3, -0.25) is 4.79 Å². The monoisotopic (exact) mass is 387 g/mol. The van der Waals surface area contributed by atoms with E-state index in [1.807, 2.05) is 0 Å². The number of carbonyl (C=O) groups is 1. The molecule has 1 N–H and O–H groups in total. The van der Waals surface area contributed by atoms with Gasteiger partial charge in [0.25, 0.3) is 5.91 Å². The van der Waals surface area contributed by atoms with Crippen LogP contribution in [0.2, 0.25) is 0 Å². The van der Waals surface area contributed by atoms with E-state index in [4.69, 9.17) is 4.74 Å². The Morgan fingerprint density at radius 1 is 1.41 bits per heavy atom. The van der Waals surface area contributed by atoms with Gasteiger partial charge in [-0.15, -0.1) is 13.8 Å². The number of halogens is 1. The molecular weight excluding hydrogens is 369 g/mol. The predicted octanol–water partition coefficient (Wildman–Crippen LogP) is 2.65. The van der Waals surface area contributed by atoms with Crippen molar-refractivity contribution in [3.8, 4) is 0 Å². The molecule has 2 fully saturated rings. The van der Waals surface area contributed by atoms with Crippen LogP contribution < -0.4 is 5.32 Å². The van der Waals surface area contributed by atoms with Crippen molar-refractivity contribution in [3.63, 3.8) is 0 Å². The molecule has 0 saturated heterocycles. The van der Waals surface area contributed by atoms with Crippen molar-refractivity contribution in [2.45, 2.75) is 31.2 Å². The predicted molar refractivity (Wildman–Crippen MR) is 92.8 cm³/mol. The van der Waals surface area contributed by atoms with Crippen molar-refractivity contribution in [1.29, 1.82) is 0 Å². The summed E-state index contributed by atoms with van der Waals surface area (Å²) in [7, 11) is 4.69. The number of carbonyl (C=O) groups excluding carboxylic acids is 1. The Labute approximate surface area is 140 Å². The third kappa shape index (κ3) is 3.82. The average molecular weight is 388 g/mol. The number of amides is 1. The van der Waals surface area contributed by atoms with Crippen LogP contribution in [0.4, 0.5) is 0 Å². The molecule has 2 aliphatic carbocycles. The van der Waals surface area contributed by atoms with E-state index < -0.39 is 5.54 Å². The zero-order chi connectivity index (χ0) is 16.2. The highest BCUT2D eigenvalue weighted by Gasteiger charge is 2.61. The van der Waals surface area contributed by atoms with E-state index in [9.17, 15) is 9.70 Å². The van der Waals surface area contributed by atoms with Gasteiger partial charge in [-0.05, 0) is 65.3 Å². The van der Waals surface area contributed by atoms with Crippen LogP contribution in [0.1, 0.15) is 25.7 Å². The normalized spacial score (nSPS) is 19.5. The van der Waals surface area contributed by atoms with Crippen molar-refractivity contribution >= 4 is 41.1 Å². The number of nitrogens with one attached hydrogen (secondary N) is 1. The van der Waals surface area contributed by atoms with Gasteiger partial charge in [-0.1, -0.05) is 5.18 Å². The summed E-state index contributed by atoms with van der Waals surface area (Å²) in [5, 5.41) is 6.04. The van der Waals surface area contributed by atoms with Gasteiger partial charge >= 0.3 is 0 Å². The quantitative estimate of drug-likeness (QED) is 0.286. The minimum absolute atomic E-state index is 0.110. The van der Waals surface area contributed by atoms with Crippen molar-refractivity contribution < 1.29 is 9.53 Å². The van der Waals surface area contributed by atoms with Crippen LogP contribution in [0.5, 0.6) is 0 Å². The molecule has 0 bridgehead atoms. The minimum atomic E-state index is -1.06. The number of methoxy groups -OCH3 is 1. The van der Waals surface area contributed by atoms with E-state index in [-0.39, 0.29) is 24.3 Å².